The van der Waals surface area contributed by atoms with Gasteiger partial charge >= 0.3 is 0 Å². The number of rotatable bonds is 9. The number of aliphatic imine (C=N–C) groups is 1. The van der Waals surface area contributed by atoms with Gasteiger partial charge in [-0.15, -0.1) is 0 Å². The van der Waals surface area contributed by atoms with E-state index in [-0.39, 0.29) is 11.8 Å². The molecule has 0 bridgehead atoms. The highest BCUT2D eigenvalue weighted by Gasteiger charge is 2.05. The molecule has 0 saturated carbocycles. The number of nitrogens with one attached hydrogen (secondary N) is 3. The maximum Gasteiger partial charge on any atom is 0.222 e. The van der Waals surface area contributed by atoms with Crippen molar-refractivity contribution in [3.63, 3.8) is 0 Å². The van der Waals surface area contributed by atoms with Gasteiger partial charge in [-0.25, -0.2) is 4.99 Å². The van der Waals surface area contributed by atoms with E-state index in [0.29, 0.717) is 19.6 Å². The molecule has 134 valence electrons. The van der Waals surface area contributed by atoms with Crippen LogP contribution in [-0.2, 0) is 11.3 Å². The quantitative estimate of drug-likeness (QED) is 0.370. The monoisotopic (exact) mass is 332 g/mol. The molecule has 1 aromatic carbocycles. The summed E-state index contributed by atoms with van der Waals surface area (Å²) in [6.45, 7) is 10.8. The summed E-state index contributed by atoms with van der Waals surface area (Å²) in [5.74, 6) is 0.888. The Morgan fingerprint density at radius 1 is 1.04 bits per heavy atom. The Morgan fingerprint density at radius 3 is 2.29 bits per heavy atom. The molecule has 0 spiro atoms. The first-order valence-electron chi connectivity index (χ1n) is 8.88. The van der Waals surface area contributed by atoms with Crippen LogP contribution in [0.2, 0.25) is 0 Å². The molecule has 1 aromatic rings. The number of aryl methyl sites for hydroxylation is 1. The van der Waals surface area contributed by atoms with E-state index in [1.165, 1.54) is 11.1 Å². The summed E-state index contributed by atoms with van der Waals surface area (Å²) in [6, 6.07) is 8.41. The first-order valence-corrected chi connectivity index (χ1v) is 8.88. The standard InChI is InChI=1S/C19H32N4O/c1-5-6-11-21-19(22-13-12-20-18(24)15(2)3)23-14-17-9-7-16(4)8-10-17/h7-10,15H,5-6,11-14H2,1-4H3,(H,20,24)(H2,21,22,23). The van der Waals surface area contributed by atoms with E-state index in [9.17, 15) is 4.79 Å². The van der Waals surface area contributed by atoms with Gasteiger partial charge in [0.1, 0.15) is 0 Å². The Hall–Kier alpha value is -2.04. The van der Waals surface area contributed by atoms with E-state index in [1.54, 1.807) is 0 Å². The third-order valence-corrected chi connectivity index (χ3v) is 3.60. The lowest BCUT2D eigenvalue weighted by Crippen LogP contribution is -2.42. The molecule has 5 nitrogen and oxygen atoms in total. The molecule has 0 fully saturated rings. The van der Waals surface area contributed by atoms with Gasteiger partial charge in [0.15, 0.2) is 5.96 Å². The lowest BCUT2D eigenvalue weighted by molar-refractivity contribution is -0.123. The third kappa shape index (κ3) is 8.56. The SMILES string of the molecule is CCCCNC(=NCc1ccc(C)cc1)NCCNC(=O)C(C)C. The van der Waals surface area contributed by atoms with Crippen molar-refractivity contribution < 1.29 is 4.79 Å². The van der Waals surface area contributed by atoms with Gasteiger partial charge in [-0.05, 0) is 18.9 Å². The fraction of sp³-hybridized carbons (Fsp3) is 0.579. The van der Waals surface area contributed by atoms with Crippen LogP contribution in [0.1, 0.15) is 44.7 Å². The van der Waals surface area contributed by atoms with Gasteiger partial charge in [0, 0.05) is 25.6 Å². The average molecular weight is 332 g/mol. The fourth-order valence-corrected chi connectivity index (χ4v) is 1.99. The lowest BCUT2D eigenvalue weighted by Gasteiger charge is -2.13. The lowest BCUT2D eigenvalue weighted by atomic mass is 10.1. The van der Waals surface area contributed by atoms with Crippen molar-refractivity contribution in [3.8, 4) is 0 Å². The highest BCUT2D eigenvalue weighted by atomic mass is 16.1. The van der Waals surface area contributed by atoms with Crippen molar-refractivity contribution in [1.29, 1.82) is 0 Å². The van der Waals surface area contributed by atoms with Crippen molar-refractivity contribution in [1.82, 2.24) is 16.0 Å². The van der Waals surface area contributed by atoms with E-state index in [1.807, 2.05) is 13.8 Å². The van der Waals surface area contributed by atoms with Gasteiger partial charge in [0.2, 0.25) is 5.91 Å². The molecule has 0 unspecified atom stereocenters. The van der Waals surface area contributed by atoms with Crippen LogP contribution in [0.5, 0.6) is 0 Å². The molecule has 0 heterocycles. The van der Waals surface area contributed by atoms with Crippen molar-refractivity contribution in [2.75, 3.05) is 19.6 Å². The molecule has 24 heavy (non-hydrogen) atoms. The highest BCUT2D eigenvalue weighted by Crippen LogP contribution is 2.04. The van der Waals surface area contributed by atoms with E-state index in [4.69, 9.17) is 0 Å². The molecule has 0 aliphatic carbocycles. The van der Waals surface area contributed by atoms with Crippen LogP contribution in [0.4, 0.5) is 0 Å². The zero-order chi connectivity index (χ0) is 17.8. The zero-order valence-electron chi connectivity index (χ0n) is 15.5. The van der Waals surface area contributed by atoms with Crippen molar-refractivity contribution >= 4 is 11.9 Å². The van der Waals surface area contributed by atoms with Crippen LogP contribution in [-0.4, -0.2) is 31.5 Å². The van der Waals surface area contributed by atoms with Crippen LogP contribution in [0.25, 0.3) is 0 Å². The molecular weight excluding hydrogens is 300 g/mol. The predicted octanol–water partition coefficient (Wildman–Crippen LogP) is 2.60. The molecule has 5 heteroatoms. The van der Waals surface area contributed by atoms with E-state index in [2.05, 4.69) is 59.1 Å². The molecule has 0 atom stereocenters. The van der Waals surface area contributed by atoms with Gasteiger partial charge < -0.3 is 16.0 Å². The third-order valence-electron chi connectivity index (χ3n) is 3.60. The van der Waals surface area contributed by atoms with Gasteiger partial charge in [-0.3, -0.25) is 4.79 Å². The molecule has 0 saturated heterocycles. The Kier molecular flexibility index (Phi) is 9.58. The molecule has 3 N–H and O–H groups in total. The number of nitrogens with zero attached hydrogens (tertiary/aromatic N) is 1. The van der Waals surface area contributed by atoms with Crippen LogP contribution >= 0.6 is 0 Å². The van der Waals surface area contributed by atoms with Crippen molar-refractivity contribution in [2.45, 2.75) is 47.1 Å². The van der Waals surface area contributed by atoms with Gasteiger partial charge in [-0.1, -0.05) is 57.0 Å². The number of carbonyl (C=O) groups excluding carboxylic acids is 1. The van der Waals surface area contributed by atoms with Crippen molar-refractivity contribution in [3.05, 3.63) is 35.4 Å². The van der Waals surface area contributed by atoms with Gasteiger partial charge in [0.05, 0.1) is 6.54 Å². The minimum atomic E-state index is 0.0161. The number of amides is 1. The maximum absolute atomic E-state index is 11.6. The molecule has 1 rings (SSSR count). The first-order chi connectivity index (χ1) is 11.5. The Morgan fingerprint density at radius 2 is 1.67 bits per heavy atom. The second-order valence-corrected chi connectivity index (χ2v) is 6.30. The number of carbonyl (C=O) groups is 1. The van der Waals surface area contributed by atoms with Gasteiger partial charge in [-0.2, -0.15) is 0 Å². The van der Waals surface area contributed by atoms with Gasteiger partial charge in [0.25, 0.3) is 0 Å². The van der Waals surface area contributed by atoms with E-state index < -0.39 is 0 Å². The highest BCUT2D eigenvalue weighted by molar-refractivity contribution is 5.80. The Balaban J connectivity index is 2.47. The Labute approximate surface area is 146 Å². The summed E-state index contributed by atoms with van der Waals surface area (Å²) in [5, 5.41) is 9.52. The minimum Gasteiger partial charge on any atom is -0.356 e. The minimum absolute atomic E-state index is 0.0161. The molecule has 1 amide bonds. The van der Waals surface area contributed by atoms with Crippen LogP contribution in [0.3, 0.4) is 0 Å². The fourth-order valence-electron chi connectivity index (χ4n) is 1.99. The van der Waals surface area contributed by atoms with E-state index in [0.717, 1.165) is 25.3 Å². The number of benzene rings is 1. The zero-order valence-corrected chi connectivity index (χ0v) is 15.5. The molecule has 0 radical (unpaired) electrons. The van der Waals surface area contributed by atoms with Crippen LogP contribution in [0, 0.1) is 12.8 Å². The van der Waals surface area contributed by atoms with Crippen molar-refractivity contribution in [2.24, 2.45) is 10.9 Å². The molecular formula is C19H32N4O. The van der Waals surface area contributed by atoms with Crippen LogP contribution < -0.4 is 16.0 Å². The number of hydrogen-bond donors (Lipinski definition) is 3. The molecule has 0 aliphatic heterocycles. The summed E-state index contributed by atoms with van der Waals surface area (Å²) >= 11 is 0. The second-order valence-electron chi connectivity index (χ2n) is 6.30. The second kappa shape index (κ2) is 11.5. The predicted molar refractivity (Wildman–Crippen MR) is 101 cm³/mol. The van der Waals surface area contributed by atoms with E-state index >= 15 is 0 Å². The maximum atomic E-state index is 11.6. The summed E-state index contributed by atoms with van der Waals surface area (Å²) in [6.07, 6.45) is 2.25. The summed E-state index contributed by atoms with van der Waals surface area (Å²) < 4.78 is 0. The first kappa shape index (κ1) is 20.0. The topological polar surface area (TPSA) is 65.5 Å². The smallest absolute Gasteiger partial charge is 0.222 e. The Bertz CT molecular complexity index is 509. The average Bonchev–Trinajstić information content (AvgIpc) is 2.57. The largest absolute Gasteiger partial charge is 0.356 e. The normalized spacial score (nSPS) is 11.5. The summed E-state index contributed by atoms with van der Waals surface area (Å²) in [5.41, 5.74) is 2.44. The number of guanidine groups is 1. The summed E-state index contributed by atoms with van der Waals surface area (Å²) in [4.78, 5) is 16.2. The number of unbranched alkanes of at least 4 members (excludes halogenated alkanes) is 1. The molecule has 0 aliphatic rings. The van der Waals surface area contributed by atoms with Crippen LogP contribution in [0.15, 0.2) is 29.3 Å². The summed E-state index contributed by atoms with van der Waals surface area (Å²) in [7, 11) is 0. The molecule has 0 aromatic heterocycles. The number of hydrogen-bond acceptors (Lipinski definition) is 2.